The number of rotatable bonds is 7. The van der Waals surface area contributed by atoms with E-state index in [1.54, 1.807) is 0 Å². The number of hydrogen-bond donors (Lipinski definition) is 1. The summed E-state index contributed by atoms with van der Waals surface area (Å²) in [4.78, 5) is 2.57. The predicted molar refractivity (Wildman–Crippen MR) is 79.2 cm³/mol. The summed E-state index contributed by atoms with van der Waals surface area (Å²) in [6.45, 7) is 8.98. The Hall–Kier alpha value is -0.870. The van der Waals surface area contributed by atoms with Crippen LogP contribution in [-0.2, 0) is 20.0 Å². The van der Waals surface area contributed by atoms with Crippen LogP contribution < -0.4 is 5.32 Å². The van der Waals surface area contributed by atoms with Gasteiger partial charge in [-0.05, 0) is 44.8 Å². The van der Waals surface area contributed by atoms with Gasteiger partial charge in [0.05, 0.1) is 11.4 Å². The molecule has 1 N–H and O–H groups in total. The molecule has 0 spiro atoms. The smallest absolute Gasteiger partial charge is 0.0625 e. The zero-order valence-electron chi connectivity index (χ0n) is 12.7. The van der Waals surface area contributed by atoms with Gasteiger partial charge in [-0.15, -0.1) is 0 Å². The third-order valence-corrected chi connectivity index (χ3v) is 3.96. The van der Waals surface area contributed by atoms with E-state index in [1.165, 1.54) is 50.3 Å². The van der Waals surface area contributed by atoms with E-state index in [9.17, 15) is 0 Å². The first kappa shape index (κ1) is 14.5. The van der Waals surface area contributed by atoms with Crippen molar-refractivity contribution in [2.45, 2.75) is 52.1 Å². The lowest BCUT2D eigenvalue weighted by atomic mass is 10.2. The zero-order chi connectivity index (χ0) is 13.7. The van der Waals surface area contributed by atoms with Crippen molar-refractivity contribution in [2.24, 2.45) is 7.05 Å². The average molecular weight is 264 g/mol. The van der Waals surface area contributed by atoms with Crippen molar-refractivity contribution < 1.29 is 0 Å². The third-order valence-electron chi connectivity index (χ3n) is 3.96. The summed E-state index contributed by atoms with van der Waals surface area (Å²) in [5, 5.41) is 8.15. The standard InChI is InChI=1S/C15H28N4/c1-4-9-19(11-14-7-6-8-16-14)12-15-10-13(5-2)17-18(15)3/h10,14,16H,4-9,11-12H2,1-3H3. The lowest BCUT2D eigenvalue weighted by Gasteiger charge is -2.25. The van der Waals surface area contributed by atoms with Crippen LogP contribution in [0.25, 0.3) is 0 Å². The largest absolute Gasteiger partial charge is 0.313 e. The summed E-state index contributed by atoms with van der Waals surface area (Å²) < 4.78 is 2.05. The molecule has 0 radical (unpaired) electrons. The first-order chi connectivity index (χ1) is 9.22. The summed E-state index contributed by atoms with van der Waals surface area (Å²) in [6, 6.07) is 2.94. The van der Waals surface area contributed by atoms with Crippen LogP contribution in [0.3, 0.4) is 0 Å². The van der Waals surface area contributed by atoms with Crippen LogP contribution in [0.5, 0.6) is 0 Å². The van der Waals surface area contributed by atoms with Gasteiger partial charge in [0, 0.05) is 26.2 Å². The molecule has 4 heteroatoms. The lowest BCUT2D eigenvalue weighted by Crippen LogP contribution is -2.38. The van der Waals surface area contributed by atoms with Gasteiger partial charge in [0.25, 0.3) is 0 Å². The minimum absolute atomic E-state index is 0.686. The molecule has 0 amide bonds. The molecule has 1 aliphatic heterocycles. The molecule has 108 valence electrons. The van der Waals surface area contributed by atoms with Crippen LogP contribution in [0.15, 0.2) is 6.07 Å². The SMILES string of the molecule is CCCN(Cc1cc(CC)nn1C)CC1CCCN1. The van der Waals surface area contributed by atoms with Crippen molar-refractivity contribution in [3.05, 3.63) is 17.5 Å². The van der Waals surface area contributed by atoms with Gasteiger partial charge in [-0.2, -0.15) is 5.10 Å². The number of nitrogens with zero attached hydrogens (tertiary/aromatic N) is 3. The highest BCUT2D eigenvalue weighted by atomic mass is 15.3. The Bertz CT molecular complexity index is 379. The van der Waals surface area contributed by atoms with Crippen LogP contribution in [0.4, 0.5) is 0 Å². The van der Waals surface area contributed by atoms with E-state index in [4.69, 9.17) is 0 Å². The van der Waals surface area contributed by atoms with Crippen molar-refractivity contribution >= 4 is 0 Å². The van der Waals surface area contributed by atoms with Gasteiger partial charge in [0.15, 0.2) is 0 Å². The topological polar surface area (TPSA) is 33.1 Å². The average Bonchev–Trinajstić information content (AvgIpc) is 3.00. The van der Waals surface area contributed by atoms with Crippen LogP contribution in [0.1, 0.15) is 44.5 Å². The second-order valence-corrected chi connectivity index (χ2v) is 5.63. The third kappa shape index (κ3) is 4.05. The van der Waals surface area contributed by atoms with Crippen LogP contribution in [0.2, 0.25) is 0 Å². The molecule has 0 saturated carbocycles. The molecule has 1 aromatic rings. The number of nitrogens with one attached hydrogen (secondary N) is 1. The summed E-state index contributed by atoms with van der Waals surface area (Å²) in [5.41, 5.74) is 2.54. The summed E-state index contributed by atoms with van der Waals surface area (Å²) in [5.74, 6) is 0. The predicted octanol–water partition coefficient (Wildman–Crippen LogP) is 1.95. The van der Waals surface area contributed by atoms with E-state index in [-0.39, 0.29) is 0 Å². The normalized spacial score (nSPS) is 19.5. The minimum atomic E-state index is 0.686. The van der Waals surface area contributed by atoms with Crippen LogP contribution in [-0.4, -0.2) is 40.4 Å². The molecule has 1 aromatic heterocycles. The van der Waals surface area contributed by atoms with Crippen molar-refractivity contribution in [1.29, 1.82) is 0 Å². The molecule has 0 bridgehead atoms. The Morgan fingerprint density at radius 1 is 1.47 bits per heavy atom. The van der Waals surface area contributed by atoms with E-state index in [1.807, 2.05) is 4.68 Å². The molecule has 1 saturated heterocycles. The molecular formula is C15H28N4. The molecule has 1 unspecified atom stereocenters. The van der Waals surface area contributed by atoms with Gasteiger partial charge < -0.3 is 5.32 Å². The number of aryl methyl sites for hydroxylation is 2. The Morgan fingerprint density at radius 3 is 2.89 bits per heavy atom. The fourth-order valence-electron chi connectivity index (χ4n) is 2.90. The fraction of sp³-hybridized carbons (Fsp3) is 0.800. The van der Waals surface area contributed by atoms with Gasteiger partial charge in [-0.25, -0.2) is 0 Å². The van der Waals surface area contributed by atoms with Crippen molar-refractivity contribution in [2.75, 3.05) is 19.6 Å². The highest BCUT2D eigenvalue weighted by Crippen LogP contribution is 2.12. The fourth-order valence-corrected chi connectivity index (χ4v) is 2.90. The summed E-state index contributed by atoms with van der Waals surface area (Å²) >= 11 is 0. The van der Waals surface area contributed by atoms with Gasteiger partial charge in [-0.1, -0.05) is 13.8 Å². The Morgan fingerprint density at radius 2 is 2.32 bits per heavy atom. The van der Waals surface area contributed by atoms with Crippen molar-refractivity contribution in [3.63, 3.8) is 0 Å². The molecule has 4 nitrogen and oxygen atoms in total. The second-order valence-electron chi connectivity index (χ2n) is 5.63. The maximum Gasteiger partial charge on any atom is 0.0625 e. The van der Waals surface area contributed by atoms with Gasteiger partial charge >= 0.3 is 0 Å². The molecule has 0 aliphatic carbocycles. The highest BCUT2D eigenvalue weighted by molar-refractivity contribution is 5.10. The lowest BCUT2D eigenvalue weighted by molar-refractivity contribution is 0.236. The molecule has 1 fully saturated rings. The molecule has 2 heterocycles. The van der Waals surface area contributed by atoms with E-state index in [0.717, 1.165) is 13.0 Å². The maximum absolute atomic E-state index is 4.55. The van der Waals surface area contributed by atoms with Gasteiger partial charge in [0.2, 0.25) is 0 Å². The summed E-state index contributed by atoms with van der Waals surface area (Å²) in [7, 11) is 2.06. The quantitative estimate of drug-likeness (QED) is 0.817. The molecule has 19 heavy (non-hydrogen) atoms. The van der Waals surface area contributed by atoms with Crippen molar-refractivity contribution in [1.82, 2.24) is 20.0 Å². The zero-order valence-corrected chi connectivity index (χ0v) is 12.7. The van der Waals surface area contributed by atoms with E-state index in [2.05, 4.69) is 42.3 Å². The highest BCUT2D eigenvalue weighted by Gasteiger charge is 2.18. The maximum atomic E-state index is 4.55. The van der Waals surface area contributed by atoms with Gasteiger partial charge in [-0.3, -0.25) is 9.58 Å². The van der Waals surface area contributed by atoms with E-state index >= 15 is 0 Å². The summed E-state index contributed by atoms with van der Waals surface area (Å²) in [6.07, 6.45) is 4.89. The molecular weight excluding hydrogens is 236 g/mol. The van der Waals surface area contributed by atoms with Crippen molar-refractivity contribution in [3.8, 4) is 0 Å². The second kappa shape index (κ2) is 7.06. The Kier molecular flexibility index (Phi) is 5.40. The Balaban J connectivity index is 1.96. The van der Waals surface area contributed by atoms with Crippen LogP contribution in [0, 0.1) is 0 Å². The van der Waals surface area contributed by atoms with Gasteiger partial charge in [0.1, 0.15) is 0 Å². The number of aromatic nitrogens is 2. The molecule has 1 aliphatic rings. The Labute approximate surface area is 117 Å². The first-order valence-corrected chi connectivity index (χ1v) is 7.70. The molecule has 0 aromatic carbocycles. The molecule has 2 rings (SSSR count). The minimum Gasteiger partial charge on any atom is -0.313 e. The van der Waals surface area contributed by atoms with E-state index in [0.29, 0.717) is 6.04 Å². The van der Waals surface area contributed by atoms with E-state index < -0.39 is 0 Å². The molecule has 1 atom stereocenters. The monoisotopic (exact) mass is 264 g/mol. The number of hydrogen-bond acceptors (Lipinski definition) is 3. The van der Waals surface area contributed by atoms with Crippen LogP contribution >= 0.6 is 0 Å². The first-order valence-electron chi connectivity index (χ1n) is 7.70.